The van der Waals surface area contributed by atoms with Crippen molar-refractivity contribution in [3.8, 4) is 11.5 Å². The average Bonchev–Trinajstić information content (AvgIpc) is 3.69. The van der Waals surface area contributed by atoms with Gasteiger partial charge in [0.25, 0.3) is 20.2 Å². The first-order chi connectivity index (χ1) is 28.4. The number of methoxy groups -OCH3 is 2. The van der Waals surface area contributed by atoms with Crippen LogP contribution in [0.4, 0.5) is 5.82 Å². The van der Waals surface area contributed by atoms with Gasteiger partial charge in [-0.25, -0.2) is 28.4 Å². The van der Waals surface area contributed by atoms with Crippen molar-refractivity contribution in [2.24, 2.45) is 4.99 Å². The van der Waals surface area contributed by atoms with Crippen LogP contribution in [0.25, 0.3) is 11.2 Å². The zero-order valence-corrected chi connectivity index (χ0v) is 36.4. The number of aliphatic imine (C=N–C) groups is 1. The van der Waals surface area contributed by atoms with Crippen molar-refractivity contribution in [3.63, 3.8) is 0 Å². The van der Waals surface area contributed by atoms with Crippen molar-refractivity contribution < 1.29 is 63.5 Å². The van der Waals surface area contributed by atoms with Crippen LogP contribution in [0.15, 0.2) is 96.5 Å². The second-order valence-corrected chi connectivity index (χ2v) is 20.0. The molecule has 20 nitrogen and oxygen atoms in total. The molecule has 5 aromatic rings. The summed E-state index contributed by atoms with van der Waals surface area (Å²) >= 11 is 0. The van der Waals surface area contributed by atoms with Gasteiger partial charge in [-0.05, 0) is 41.0 Å². The number of hydrogen-bond acceptors (Lipinski definition) is 16. The smallest absolute Gasteiger partial charge is 0.268 e. The molecule has 1 aliphatic heterocycles. The van der Waals surface area contributed by atoms with Gasteiger partial charge in [0.1, 0.15) is 46.6 Å². The maximum absolute atomic E-state index is 12.6. The molecule has 6 rings (SSSR count). The first-order valence-corrected chi connectivity index (χ1v) is 23.6. The van der Waals surface area contributed by atoms with Gasteiger partial charge in [-0.1, -0.05) is 54.6 Å². The van der Waals surface area contributed by atoms with Gasteiger partial charge in [-0.2, -0.15) is 16.8 Å². The molecule has 24 heteroatoms. The van der Waals surface area contributed by atoms with E-state index in [0.29, 0.717) is 28.2 Å². The van der Waals surface area contributed by atoms with Crippen molar-refractivity contribution >= 4 is 63.3 Å². The van der Waals surface area contributed by atoms with Crippen LogP contribution in [0.5, 0.6) is 11.5 Å². The van der Waals surface area contributed by atoms with Gasteiger partial charge in [-0.15, -0.1) is 0 Å². The fraction of sp³-hybridized carbons (Fsp3) is 0.351. The summed E-state index contributed by atoms with van der Waals surface area (Å²) in [6.07, 6.45) is 0.601. The number of ether oxygens (including phenoxy) is 4. The Labute approximate surface area is 356 Å². The lowest BCUT2D eigenvalue weighted by atomic mass is 9.79. The molecule has 3 aromatic carbocycles. The van der Waals surface area contributed by atoms with Gasteiger partial charge < -0.3 is 34.1 Å². The quantitative estimate of drug-likeness (QED) is 0.0386. The van der Waals surface area contributed by atoms with Crippen molar-refractivity contribution in [2.45, 2.75) is 29.1 Å². The minimum Gasteiger partial charge on any atom is -0.497 e. The van der Waals surface area contributed by atoms with Crippen LogP contribution in [0.1, 0.15) is 22.9 Å². The maximum atomic E-state index is 12.6. The van der Waals surface area contributed by atoms with E-state index in [2.05, 4.69) is 30.6 Å². The summed E-state index contributed by atoms with van der Waals surface area (Å²) < 4.78 is 115. The summed E-state index contributed by atoms with van der Waals surface area (Å²) in [5.74, 6) is -2.20. The Morgan fingerprint density at radius 1 is 0.820 bits per heavy atom. The molecule has 1 saturated heterocycles. The normalized spacial score (nSPS) is 21.0. The van der Waals surface area contributed by atoms with Gasteiger partial charge in [0, 0.05) is 24.8 Å². The Morgan fingerprint density at radius 3 is 1.79 bits per heavy atom. The van der Waals surface area contributed by atoms with E-state index in [1.54, 1.807) is 97.9 Å². The number of aliphatic hydroxyl groups is 2. The second-order valence-electron chi connectivity index (χ2n) is 14.0. The molecule has 0 spiro atoms. The molecule has 0 unspecified atom stereocenters. The molecule has 1 fully saturated rings. The Morgan fingerprint density at radius 2 is 1.31 bits per heavy atom. The Bertz CT molecular complexity index is 2620. The summed E-state index contributed by atoms with van der Waals surface area (Å²) in [6.45, 7) is -0.761. The van der Waals surface area contributed by atoms with Crippen LogP contribution >= 0.6 is 10.7 Å². The van der Waals surface area contributed by atoms with E-state index in [1.165, 1.54) is 20.6 Å². The Balaban J connectivity index is 0.00000133. The van der Waals surface area contributed by atoms with E-state index in [1.807, 2.05) is 0 Å². The highest BCUT2D eigenvalue weighted by atomic mass is 35.7. The topological polar surface area (TPSA) is 279 Å². The summed E-state index contributed by atoms with van der Waals surface area (Å²) in [6, 6.07) is 22.6. The molecule has 61 heavy (non-hydrogen) atoms. The highest BCUT2D eigenvalue weighted by molar-refractivity contribution is 8.13. The average molecular weight is 927 g/mol. The lowest BCUT2D eigenvalue weighted by molar-refractivity contribution is -0.137. The van der Waals surface area contributed by atoms with Gasteiger partial charge in [0.15, 0.2) is 28.8 Å². The minimum atomic E-state index is -5.23. The van der Waals surface area contributed by atoms with Crippen LogP contribution in [0.3, 0.4) is 0 Å². The summed E-state index contributed by atoms with van der Waals surface area (Å²) in [7, 11) is -2.71. The third kappa shape index (κ3) is 10.8. The molecule has 0 aliphatic carbocycles. The van der Waals surface area contributed by atoms with E-state index < -0.39 is 76.5 Å². The molecular weight excluding hydrogens is 884 g/mol. The lowest BCUT2D eigenvalue weighted by Crippen LogP contribution is -2.65. The third-order valence-electron chi connectivity index (χ3n) is 9.42. The monoisotopic (exact) mass is 926 g/mol. The maximum Gasteiger partial charge on any atom is 0.268 e. The zero-order chi connectivity index (χ0) is 45.0. The second kappa shape index (κ2) is 18.3. The Kier molecular flexibility index (Phi) is 14.1. The third-order valence-corrected chi connectivity index (χ3v) is 11.0. The van der Waals surface area contributed by atoms with Crippen LogP contribution in [-0.2, 0) is 44.4 Å². The SMILES string of the molecule is COc1ccc(C(OC[C@H]2O[C@@H](n3cnc4c(N=CN(C)C)ncnc43)[C@@](O)(CS(=O)(=O)O)[C@@]2(O)CS(=O)(=O)O)(c2ccccc2)c2ccc(OC)cc2)cc1.CS(=O)(=O)Cl. The van der Waals surface area contributed by atoms with Gasteiger partial charge in [0.2, 0.25) is 9.05 Å². The summed E-state index contributed by atoms with van der Waals surface area (Å²) in [5, 5.41) is 24.9. The van der Waals surface area contributed by atoms with Crippen molar-refractivity contribution in [1.29, 1.82) is 0 Å². The molecule has 0 radical (unpaired) electrons. The van der Waals surface area contributed by atoms with Crippen molar-refractivity contribution in [2.75, 3.05) is 52.7 Å². The molecule has 0 saturated carbocycles. The standard InChI is InChI=1S/C36H40N6O12S2.CH3ClO2S/c1-41(2)22-40-31-30-32(38-21-37-31)42(23-39-30)33-35(44,20-56(48,49)50)34(43,19-55(45,46)47)29(54-33)18-53-36(24-8-6-5-7-9-24,25-10-14-27(51-3)15-11-25)26-12-16-28(52-4)17-13-26;1-5(2,3)4/h5-17,21-23,29,33,43-44H,18-20H2,1-4H3,(H,45,46,47)(H,48,49,50);1H3/t29-,33-,34-,35+;/m1./s1. The summed E-state index contributed by atoms with van der Waals surface area (Å²) in [5.41, 5.74) is -6.39. The molecular formula is C37H43ClN6O14S3. The van der Waals surface area contributed by atoms with Gasteiger partial charge in [-0.3, -0.25) is 13.7 Å². The molecule has 4 N–H and O–H groups in total. The molecule has 2 aromatic heterocycles. The van der Waals surface area contributed by atoms with E-state index >= 15 is 0 Å². The van der Waals surface area contributed by atoms with Crippen LogP contribution in [0, 0.1) is 0 Å². The van der Waals surface area contributed by atoms with E-state index in [0.717, 1.165) is 23.5 Å². The fourth-order valence-electron chi connectivity index (χ4n) is 6.87. The van der Waals surface area contributed by atoms with Gasteiger partial charge >= 0.3 is 0 Å². The predicted molar refractivity (Wildman–Crippen MR) is 223 cm³/mol. The van der Waals surface area contributed by atoms with Gasteiger partial charge in [0.05, 0.1) is 39.7 Å². The minimum absolute atomic E-state index is 0.0588. The lowest BCUT2D eigenvalue weighted by Gasteiger charge is -2.41. The highest BCUT2D eigenvalue weighted by Gasteiger charge is 2.69. The number of imidazole rings is 1. The van der Waals surface area contributed by atoms with Crippen LogP contribution < -0.4 is 9.47 Å². The number of fused-ring (bicyclic) bond motifs is 1. The van der Waals surface area contributed by atoms with Crippen molar-refractivity contribution in [1.82, 2.24) is 24.4 Å². The molecule has 0 amide bonds. The number of hydrogen-bond donors (Lipinski definition) is 4. The molecule has 0 bridgehead atoms. The largest absolute Gasteiger partial charge is 0.497 e. The van der Waals surface area contributed by atoms with E-state index in [4.69, 9.17) is 18.9 Å². The van der Waals surface area contributed by atoms with Crippen LogP contribution in [-0.4, -0.2) is 145 Å². The summed E-state index contributed by atoms with van der Waals surface area (Å²) in [4.78, 5) is 18.5. The molecule has 1 aliphatic rings. The first kappa shape index (κ1) is 47.2. The number of halogens is 1. The molecule has 4 atom stereocenters. The Hall–Kier alpha value is -4.82. The van der Waals surface area contributed by atoms with Crippen molar-refractivity contribution in [3.05, 3.63) is 108 Å². The van der Waals surface area contributed by atoms with E-state index in [9.17, 15) is 44.6 Å². The number of benzene rings is 3. The number of nitrogens with zero attached hydrogens (tertiary/aromatic N) is 6. The fourth-order valence-corrected chi connectivity index (χ4v) is 8.81. The molecule has 330 valence electrons. The number of rotatable bonds is 15. The first-order valence-electron chi connectivity index (χ1n) is 17.7. The number of aromatic nitrogens is 4. The zero-order valence-electron chi connectivity index (χ0n) is 33.2. The highest BCUT2D eigenvalue weighted by Crippen LogP contribution is 2.50. The van der Waals surface area contributed by atoms with E-state index in [-0.39, 0.29) is 17.0 Å². The molecule has 3 heterocycles. The van der Waals surface area contributed by atoms with Crippen LogP contribution in [0.2, 0.25) is 0 Å². The predicted octanol–water partition coefficient (Wildman–Crippen LogP) is 2.39.